The highest BCUT2D eigenvalue weighted by atomic mass is 14.4. The number of hydrogen-bond acceptors (Lipinski definition) is 0. The molecule has 0 aliphatic carbocycles. The summed E-state index contributed by atoms with van der Waals surface area (Å²) in [6, 6.07) is 0. The summed E-state index contributed by atoms with van der Waals surface area (Å²) in [5.74, 6) is 11.1. The molecule has 0 spiro atoms. The van der Waals surface area contributed by atoms with Gasteiger partial charge in [0.1, 0.15) is 0 Å². The van der Waals surface area contributed by atoms with Gasteiger partial charge in [0.25, 0.3) is 0 Å². The topological polar surface area (TPSA) is 0 Å². The summed E-state index contributed by atoms with van der Waals surface area (Å²) in [5, 5.41) is 0. The van der Waals surface area contributed by atoms with Gasteiger partial charge in [-0.3, -0.25) is 0 Å². The molecule has 0 fully saturated rings. The van der Waals surface area contributed by atoms with Gasteiger partial charge >= 0.3 is 0 Å². The Hall–Kier alpha value is 0. The summed E-state index contributed by atoms with van der Waals surface area (Å²) < 4.78 is 0. The Morgan fingerprint density at radius 1 is 0.308 bits per heavy atom. The molecule has 0 rings (SSSR count). The van der Waals surface area contributed by atoms with E-state index in [1.165, 1.54) is 70.6 Å². The Labute approximate surface area is 251 Å². The van der Waals surface area contributed by atoms with Crippen molar-refractivity contribution in [2.45, 2.75) is 174 Å². The molecule has 12 atom stereocenters. The molecular formula is C39H80. The van der Waals surface area contributed by atoms with Crippen molar-refractivity contribution in [3.05, 3.63) is 0 Å². The van der Waals surface area contributed by atoms with E-state index in [-0.39, 0.29) is 0 Å². The lowest BCUT2D eigenvalue weighted by molar-refractivity contribution is 0.0691. The Morgan fingerprint density at radius 2 is 0.641 bits per heavy atom. The van der Waals surface area contributed by atoms with Gasteiger partial charge in [0, 0.05) is 0 Å². The SMILES string of the molecule is CCC(C)C(C)C(CC)CC(C(C)CC)C(CC)CC(C(C)CC)C(CC)CC(C(C)CC)C(CC)C(C)C. The predicted molar refractivity (Wildman–Crippen MR) is 181 cm³/mol. The van der Waals surface area contributed by atoms with E-state index in [4.69, 9.17) is 0 Å². The van der Waals surface area contributed by atoms with Crippen molar-refractivity contribution in [2.24, 2.45) is 76.9 Å². The first-order chi connectivity index (χ1) is 18.4. The van der Waals surface area contributed by atoms with Crippen LogP contribution in [0.15, 0.2) is 0 Å². The first kappa shape index (κ1) is 39.0. The lowest BCUT2D eigenvalue weighted by Crippen LogP contribution is -2.34. The first-order valence-corrected chi connectivity index (χ1v) is 18.4. The normalized spacial score (nSPS) is 21.8. The lowest BCUT2D eigenvalue weighted by Gasteiger charge is -2.43. The molecule has 0 saturated heterocycles. The van der Waals surface area contributed by atoms with E-state index < -0.39 is 0 Å². The number of hydrogen-bond donors (Lipinski definition) is 0. The summed E-state index contributed by atoms with van der Waals surface area (Å²) in [5.41, 5.74) is 0. The van der Waals surface area contributed by atoms with E-state index in [1.807, 2.05) is 0 Å². The van der Waals surface area contributed by atoms with Crippen LogP contribution >= 0.6 is 0 Å². The average molecular weight is 549 g/mol. The van der Waals surface area contributed by atoms with Gasteiger partial charge in [-0.1, -0.05) is 155 Å². The van der Waals surface area contributed by atoms with Crippen LogP contribution in [-0.4, -0.2) is 0 Å². The van der Waals surface area contributed by atoms with E-state index in [2.05, 4.69) is 104 Å². The maximum atomic E-state index is 2.61. The van der Waals surface area contributed by atoms with Crippen LogP contribution in [0.2, 0.25) is 0 Å². The van der Waals surface area contributed by atoms with Gasteiger partial charge in [0.2, 0.25) is 0 Å². The van der Waals surface area contributed by atoms with Crippen molar-refractivity contribution in [1.82, 2.24) is 0 Å². The summed E-state index contributed by atoms with van der Waals surface area (Å²) in [4.78, 5) is 0. The Bertz CT molecular complexity index is 562. The molecular weight excluding hydrogens is 468 g/mol. The fourth-order valence-corrected chi connectivity index (χ4v) is 8.71. The molecule has 12 unspecified atom stereocenters. The zero-order chi connectivity index (χ0) is 30.3. The molecule has 0 heterocycles. The monoisotopic (exact) mass is 549 g/mol. The second kappa shape index (κ2) is 20.8. The standard InChI is InChI=1S/C39H80/c1-16-28(11)32(15)33(20-5)24-37(29(12)17-2)34(21-6)25-38(30(13)18-3)35(22-7)26-39(31(14)19-4)36(23-8)27(9)10/h27-39H,16-26H2,1-15H3. The minimum atomic E-state index is 0.796. The van der Waals surface area contributed by atoms with Gasteiger partial charge in [-0.2, -0.15) is 0 Å². The third-order valence-electron chi connectivity index (χ3n) is 12.8. The fraction of sp³-hybridized carbons (Fsp3) is 1.00. The van der Waals surface area contributed by atoms with Crippen molar-refractivity contribution >= 4 is 0 Å². The maximum Gasteiger partial charge on any atom is -0.0355 e. The van der Waals surface area contributed by atoms with Crippen molar-refractivity contribution in [3.63, 3.8) is 0 Å². The van der Waals surface area contributed by atoms with Crippen molar-refractivity contribution in [2.75, 3.05) is 0 Å². The molecule has 39 heavy (non-hydrogen) atoms. The fourth-order valence-electron chi connectivity index (χ4n) is 8.71. The highest BCUT2D eigenvalue weighted by Crippen LogP contribution is 2.46. The molecule has 0 aromatic rings. The van der Waals surface area contributed by atoms with Crippen LogP contribution in [0.5, 0.6) is 0 Å². The highest BCUT2D eigenvalue weighted by molar-refractivity contribution is 4.87. The molecule has 0 radical (unpaired) electrons. The quantitative estimate of drug-likeness (QED) is 0.119. The van der Waals surface area contributed by atoms with Crippen LogP contribution < -0.4 is 0 Å². The highest BCUT2D eigenvalue weighted by Gasteiger charge is 2.37. The zero-order valence-corrected chi connectivity index (χ0v) is 30.3. The summed E-state index contributed by atoms with van der Waals surface area (Å²) in [7, 11) is 0. The van der Waals surface area contributed by atoms with Gasteiger partial charge < -0.3 is 0 Å². The summed E-state index contributed by atoms with van der Waals surface area (Å²) >= 11 is 0. The second-order valence-corrected chi connectivity index (χ2v) is 14.9. The molecule has 0 amide bonds. The molecule has 0 heteroatoms. The second-order valence-electron chi connectivity index (χ2n) is 14.9. The Morgan fingerprint density at radius 3 is 0.949 bits per heavy atom. The van der Waals surface area contributed by atoms with Crippen LogP contribution in [0.4, 0.5) is 0 Å². The van der Waals surface area contributed by atoms with Gasteiger partial charge in [-0.25, -0.2) is 0 Å². The van der Waals surface area contributed by atoms with E-state index in [1.54, 1.807) is 0 Å². The summed E-state index contributed by atoms with van der Waals surface area (Å²) in [6.45, 7) is 37.6. The lowest BCUT2D eigenvalue weighted by atomic mass is 9.63. The third-order valence-corrected chi connectivity index (χ3v) is 12.8. The molecule has 236 valence electrons. The Balaban J connectivity index is 6.27. The van der Waals surface area contributed by atoms with Gasteiger partial charge in [-0.15, -0.1) is 0 Å². The van der Waals surface area contributed by atoms with Crippen LogP contribution in [0.25, 0.3) is 0 Å². The van der Waals surface area contributed by atoms with E-state index in [9.17, 15) is 0 Å². The average Bonchev–Trinajstić information content (AvgIpc) is 2.94. The van der Waals surface area contributed by atoms with Crippen LogP contribution in [0.1, 0.15) is 174 Å². The molecule has 0 bridgehead atoms. The van der Waals surface area contributed by atoms with Gasteiger partial charge in [0.05, 0.1) is 0 Å². The van der Waals surface area contributed by atoms with Crippen molar-refractivity contribution in [1.29, 1.82) is 0 Å². The zero-order valence-electron chi connectivity index (χ0n) is 30.3. The van der Waals surface area contributed by atoms with E-state index in [0.29, 0.717) is 0 Å². The number of rotatable bonds is 23. The molecule has 0 saturated carbocycles. The Kier molecular flexibility index (Phi) is 20.8. The smallest absolute Gasteiger partial charge is 0.0355 e. The molecule has 0 aliphatic rings. The molecule has 0 aromatic carbocycles. The van der Waals surface area contributed by atoms with Gasteiger partial charge in [-0.05, 0) is 96.2 Å². The van der Waals surface area contributed by atoms with Crippen LogP contribution in [0, 0.1) is 76.9 Å². The molecule has 0 N–H and O–H groups in total. The minimum Gasteiger partial charge on any atom is -0.0651 e. The van der Waals surface area contributed by atoms with Crippen LogP contribution in [0.3, 0.4) is 0 Å². The summed E-state index contributed by atoms with van der Waals surface area (Å²) in [6.07, 6.45) is 15.1. The molecule has 0 nitrogen and oxygen atoms in total. The molecule has 0 aromatic heterocycles. The predicted octanol–water partition coefficient (Wildman–Crippen LogP) is 13.6. The molecule has 0 aliphatic heterocycles. The third kappa shape index (κ3) is 12.0. The van der Waals surface area contributed by atoms with Crippen LogP contribution in [-0.2, 0) is 0 Å². The minimum absolute atomic E-state index is 0.796. The van der Waals surface area contributed by atoms with Gasteiger partial charge in [0.15, 0.2) is 0 Å². The first-order valence-electron chi connectivity index (χ1n) is 18.4. The van der Waals surface area contributed by atoms with Crippen molar-refractivity contribution in [3.8, 4) is 0 Å². The van der Waals surface area contributed by atoms with Crippen molar-refractivity contribution < 1.29 is 0 Å². The van der Waals surface area contributed by atoms with E-state index in [0.717, 1.165) is 76.9 Å². The maximum absolute atomic E-state index is 2.61. The largest absolute Gasteiger partial charge is 0.0651 e. The van der Waals surface area contributed by atoms with E-state index >= 15 is 0 Å².